The number of pyridine rings is 1. The van der Waals surface area contributed by atoms with Gasteiger partial charge in [-0.1, -0.05) is 29.8 Å². The highest BCUT2D eigenvalue weighted by Gasteiger charge is 2.33. The highest BCUT2D eigenvalue weighted by atomic mass is 35.5. The summed E-state index contributed by atoms with van der Waals surface area (Å²) in [5, 5.41) is 2.73. The van der Waals surface area contributed by atoms with E-state index in [-0.39, 0.29) is 28.1 Å². The quantitative estimate of drug-likeness (QED) is 0.821. The van der Waals surface area contributed by atoms with Gasteiger partial charge >= 0.3 is 6.18 Å². The van der Waals surface area contributed by atoms with Crippen molar-refractivity contribution in [1.29, 1.82) is 0 Å². The molecule has 0 unspecified atom stereocenters. The van der Waals surface area contributed by atoms with Crippen molar-refractivity contribution in [3.8, 4) is 0 Å². The van der Waals surface area contributed by atoms with Crippen LogP contribution < -0.4 is 10.9 Å². The summed E-state index contributed by atoms with van der Waals surface area (Å²) in [6.45, 7) is 1.39. The number of alkyl halides is 3. The van der Waals surface area contributed by atoms with Gasteiger partial charge in [-0.05, 0) is 42.7 Å². The third kappa shape index (κ3) is 4.24. The fourth-order valence-corrected chi connectivity index (χ4v) is 3.12. The van der Waals surface area contributed by atoms with E-state index in [1.54, 1.807) is 12.1 Å². The van der Waals surface area contributed by atoms with Crippen LogP contribution in [0, 0.1) is 6.92 Å². The van der Waals surface area contributed by atoms with E-state index < -0.39 is 17.3 Å². The molecule has 1 amide bonds. The summed E-state index contributed by atoms with van der Waals surface area (Å²) in [6.07, 6.45) is -1.97. The number of aromatic amines is 1. The Morgan fingerprint density at radius 3 is 2.56 bits per heavy atom. The Morgan fingerprint density at radius 1 is 1.22 bits per heavy atom. The summed E-state index contributed by atoms with van der Waals surface area (Å²) in [6, 6.07) is 6.56. The first-order valence-electron chi connectivity index (χ1n) is 8.24. The Balaban J connectivity index is 2.15. The predicted octanol–water partition coefficient (Wildman–Crippen LogP) is 4.07. The van der Waals surface area contributed by atoms with Crippen molar-refractivity contribution in [2.75, 3.05) is 0 Å². The molecule has 0 bridgehead atoms. The normalized spacial score (nSPS) is 17.9. The molecule has 0 saturated carbocycles. The van der Waals surface area contributed by atoms with E-state index in [1.165, 1.54) is 25.1 Å². The molecular formula is C19H16ClF3N2O2. The van der Waals surface area contributed by atoms with Crippen LogP contribution in [0.2, 0.25) is 5.02 Å². The summed E-state index contributed by atoms with van der Waals surface area (Å²) in [4.78, 5) is 25.9. The first-order valence-corrected chi connectivity index (χ1v) is 8.61. The van der Waals surface area contributed by atoms with Gasteiger partial charge in [-0.25, -0.2) is 0 Å². The molecule has 1 atom stereocenters. The monoisotopic (exact) mass is 396 g/mol. The van der Waals surface area contributed by atoms with Gasteiger partial charge in [-0.2, -0.15) is 13.2 Å². The topological polar surface area (TPSA) is 62.0 Å². The average Bonchev–Trinajstić information content (AvgIpc) is 3.00. The summed E-state index contributed by atoms with van der Waals surface area (Å²) in [7, 11) is 0. The average molecular weight is 397 g/mol. The van der Waals surface area contributed by atoms with Crippen LogP contribution >= 0.6 is 11.6 Å². The number of nitrogens with one attached hydrogen (secondary N) is 2. The zero-order chi connectivity index (χ0) is 19.8. The minimum absolute atomic E-state index is 0.0212. The second-order valence-corrected chi connectivity index (χ2v) is 6.78. The number of hydrogen-bond acceptors (Lipinski definition) is 2. The Labute approximate surface area is 158 Å². The van der Waals surface area contributed by atoms with E-state index in [9.17, 15) is 22.8 Å². The van der Waals surface area contributed by atoms with Crippen molar-refractivity contribution in [3.63, 3.8) is 0 Å². The minimum Gasteiger partial charge on any atom is -0.350 e. The predicted molar refractivity (Wildman–Crippen MR) is 96.5 cm³/mol. The van der Waals surface area contributed by atoms with Crippen LogP contribution in [-0.2, 0) is 11.0 Å². The minimum atomic E-state index is -4.50. The lowest BCUT2D eigenvalue weighted by Crippen LogP contribution is -2.23. The van der Waals surface area contributed by atoms with Crippen LogP contribution in [-0.4, -0.2) is 16.9 Å². The van der Waals surface area contributed by atoms with E-state index in [0.717, 1.165) is 6.07 Å². The van der Waals surface area contributed by atoms with E-state index in [1.807, 2.05) is 0 Å². The van der Waals surface area contributed by atoms with Crippen LogP contribution in [0.3, 0.4) is 0 Å². The molecule has 3 rings (SSSR count). The van der Waals surface area contributed by atoms with Gasteiger partial charge < -0.3 is 10.3 Å². The van der Waals surface area contributed by atoms with Crippen molar-refractivity contribution in [1.82, 2.24) is 10.3 Å². The number of carbonyl (C=O) groups is 1. The SMILES string of the molecule is Cc1ccc(/C(=C/[C@H]2CCC(=O)N2)c2ccc(Cl)c(=O)[nH]2)cc1C(F)(F)F. The number of aromatic nitrogens is 1. The molecule has 1 aromatic carbocycles. The molecule has 0 aliphatic carbocycles. The van der Waals surface area contributed by atoms with E-state index in [0.29, 0.717) is 24.1 Å². The lowest BCUT2D eigenvalue weighted by molar-refractivity contribution is -0.138. The number of amides is 1. The van der Waals surface area contributed by atoms with E-state index in [4.69, 9.17) is 11.6 Å². The second-order valence-electron chi connectivity index (χ2n) is 6.37. The largest absolute Gasteiger partial charge is 0.416 e. The van der Waals surface area contributed by atoms with Crippen LogP contribution in [0.15, 0.2) is 41.2 Å². The Bertz CT molecular complexity index is 980. The summed E-state index contributed by atoms with van der Waals surface area (Å²) >= 11 is 5.76. The van der Waals surface area contributed by atoms with E-state index in [2.05, 4.69) is 10.3 Å². The van der Waals surface area contributed by atoms with Gasteiger partial charge in [0.15, 0.2) is 0 Å². The fourth-order valence-electron chi connectivity index (χ4n) is 3.01. The van der Waals surface area contributed by atoms with Crippen molar-refractivity contribution in [2.45, 2.75) is 32.0 Å². The smallest absolute Gasteiger partial charge is 0.350 e. The Hall–Kier alpha value is -2.54. The molecule has 4 nitrogen and oxygen atoms in total. The standard InChI is InChI=1S/C19H16ClF3N2O2/c1-10-2-3-11(8-14(10)19(21,22)23)13(9-12-4-7-17(26)24-12)16-6-5-15(20)18(27)25-16/h2-3,5-6,8-9,12H,4,7H2,1H3,(H,24,26)(H,25,27)/b13-9-/t12-/m1/s1. The van der Waals surface area contributed by atoms with Gasteiger partial charge in [-0.15, -0.1) is 0 Å². The van der Waals surface area contributed by atoms with E-state index >= 15 is 0 Å². The van der Waals surface area contributed by atoms with Crippen LogP contribution in [0.1, 0.15) is 35.2 Å². The number of benzene rings is 1. The number of rotatable bonds is 3. The molecule has 27 heavy (non-hydrogen) atoms. The molecule has 1 aromatic heterocycles. The first kappa shape index (κ1) is 19.2. The fraction of sp³-hybridized carbons (Fsp3) is 0.263. The molecule has 142 valence electrons. The van der Waals surface area contributed by atoms with Gasteiger partial charge in [0.1, 0.15) is 5.02 Å². The van der Waals surface area contributed by atoms with Crippen LogP contribution in [0.25, 0.3) is 5.57 Å². The molecule has 1 fully saturated rings. The Kier molecular flexibility index (Phi) is 5.15. The molecule has 0 spiro atoms. The van der Waals surface area contributed by atoms with Gasteiger partial charge in [0.05, 0.1) is 5.56 Å². The number of carbonyl (C=O) groups excluding carboxylic acids is 1. The molecule has 0 radical (unpaired) electrons. The number of aryl methyl sites for hydroxylation is 1. The van der Waals surface area contributed by atoms with Crippen LogP contribution in [0.4, 0.5) is 13.2 Å². The number of halogens is 4. The molecule has 2 N–H and O–H groups in total. The highest BCUT2D eigenvalue weighted by molar-refractivity contribution is 6.30. The zero-order valence-corrected chi connectivity index (χ0v) is 15.0. The maximum absolute atomic E-state index is 13.3. The third-order valence-corrected chi connectivity index (χ3v) is 4.70. The van der Waals surface area contributed by atoms with Crippen molar-refractivity contribution in [3.05, 3.63) is 74.2 Å². The number of hydrogen-bond donors (Lipinski definition) is 2. The number of H-pyrrole nitrogens is 1. The zero-order valence-electron chi connectivity index (χ0n) is 14.3. The maximum atomic E-state index is 13.3. The Morgan fingerprint density at radius 2 is 1.96 bits per heavy atom. The molecule has 2 heterocycles. The molecule has 1 aliphatic rings. The second kappa shape index (κ2) is 7.23. The van der Waals surface area contributed by atoms with Crippen molar-refractivity contribution >= 4 is 23.1 Å². The molecule has 2 aromatic rings. The van der Waals surface area contributed by atoms with Gasteiger partial charge in [-0.3, -0.25) is 9.59 Å². The van der Waals surface area contributed by atoms with Gasteiger partial charge in [0.25, 0.3) is 5.56 Å². The van der Waals surface area contributed by atoms with Gasteiger partial charge in [0.2, 0.25) is 5.91 Å². The van der Waals surface area contributed by atoms with Crippen molar-refractivity contribution < 1.29 is 18.0 Å². The molecule has 1 saturated heterocycles. The molecule has 8 heteroatoms. The summed E-state index contributed by atoms with van der Waals surface area (Å²) < 4.78 is 39.9. The maximum Gasteiger partial charge on any atom is 0.416 e. The summed E-state index contributed by atoms with van der Waals surface area (Å²) in [5.74, 6) is -0.125. The molecular weight excluding hydrogens is 381 g/mol. The lowest BCUT2D eigenvalue weighted by Gasteiger charge is -2.16. The van der Waals surface area contributed by atoms with Gasteiger partial charge in [0, 0.05) is 23.7 Å². The van der Waals surface area contributed by atoms with Crippen LogP contribution in [0.5, 0.6) is 0 Å². The highest BCUT2D eigenvalue weighted by Crippen LogP contribution is 2.35. The molecule has 1 aliphatic heterocycles. The summed E-state index contributed by atoms with van der Waals surface area (Å²) in [5.41, 5.74) is -0.197. The lowest BCUT2D eigenvalue weighted by atomic mass is 9.95. The van der Waals surface area contributed by atoms with Crippen molar-refractivity contribution in [2.24, 2.45) is 0 Å². The third-order valence-electron chi connectivity index (χ3n) is 4.40. The first-order chi connectivity index (χ1) is 12.6.